The van der Waals surface area contributed by atoms with E-state index in [0.29, 0.717) is 5.41 Å². The van der Waals surface area contributed by atoms with Crippen molar-refractivity contribution in [1.82, 2.24) is 4.90 Å². The molecule has 0 atom stereocenters. The number of anilines is 1. The molecule has 1 aromatic rings. The molecule has 23 heavy (non-hydrogen) atoms. The Bertz CT molecular complexity index is 507. The number of benzene rings is 1. The lowest BCUT2D eigenvalue weighted by molar-refractivity contribution is 0.0916. The van der Waals surface area contributed by atoms with Crippen molar-refractivity contribution < 1.29 is 4.39 Å². The van der Waals surface area contributed by atoms with Crippen LogP contribution in [-0.4, -0.2) is 37.1 Å². The Morgan fingerprint density at radius 1 is 0.913 bits per heavy atom. The highest BCUT2D eigenvalue weighted by Gasteiger charge is 2.33. The molecule has 128 valence electrons. The average Bonchev–Trinajstić information content (AvgIpc) is 2.55. The maximum atomic E-state index is 13.9. The van der Waals surface area contributed by atoms with Crippen molar-refractivity contribution in [3.63, 3.8) is 0 Å². The zero-order chi connectivity index (χ0) is 16.4. The summed E-state index contributed by atoms with van der Waals surface area (Å²) in [4.78, 5) is 4.85. The fraction of sp³-hybridized carbons (Fsp3) is 0.700. The van der Waals surface area contributed by atoms with Gasteiger partial charge < -0.3 is 4.90 Å². The van der Waals surface area contributed by atoms with E-state index in [1.165, 1.54) is 25.7 Å². The second-order valence-electron chi connectivity index (χ2n) is 8.35. The smallest absolute Gasteiger partial charge is 0.146 e. The van der Waals surface area contributed by atoms with Gasteiger partial charge in [-0.25, -0.2) is 4.39 Å². The third-order valence-electron chi connectivity index (χ3n) is 5.95. The lowest BCUT2D eigenvalue weighted by Gasteiger charge is -2.44. The third-order valence-corrected chi connectivity index (χ3v) is 5.95. The van der Waals surface area contributed by atoms with Crippen molar-refractivity contribution in [3.05, 3.63) is 30.1 Å². The van der Waals surface area contributed by atoms with Gasteiger partial charge in [0.15, 0.2) is 0 Å². The van der Waals surface area contributed by atoms with Crippen molar-refractivity contribution in [2.75, 3.05) is 31.1 Å². The van der Waals surface area contributed by atoms with Gasteiger partial charge in [-0.3, -0.25) is 4.90 Å². The van der Waals surface area contributed by atoms with Gasteiger partial charge in [-0.15, -0.1) is 0 Å². The molecule has 1 aromatic carbocycles. The van der Waals surface area contributed by atoms with Gasteiger partial charge in [0, 0.05) is 32.2 Å². The van der Waals surface area contributed by atoms with Crippen LogP contribution in [0.1, 0.15) is 46.5 Å². The molecule has 2 aliphatic rings. The Kier molecular flexibility index (Phi) is 4.96. The molecule has 0 amide bonds. The first-order valence-electron chi connectivity index (χ1n) is 9.18. The Balaban J connectivity index is 1.51. The van der Waals surface area contributed by atoms with E-state index in [4.69, 9.17) is 0 Å². The zero-order valence-electron chi connectivity index (χ0n) is 14.9. The van der Waals surface area contributed by atoms with Crippen LogP contribution < -0.4 is 4.90 Å². The van der Waals surface area contributed by atoms with Crippen LogP contribution in [0, 0.1) is 17.2 Å². The minimum atomic E-state index is -0.0911. The molecule has 3 heteroatoms. The summed E-state index contributed by atoms with van der Waals surface area (Å²) in [5.74, 6) is 0.782. The summed E-state index contributed by atoms with van der Waals surface area (Å²) >= 11 is 0. The summed E-state index contributed by atoms with van der Waals surface area (Å²) in [6, 6.07) is 7.91. The second-order valence-corrected chi connectivity index (χ2v) is 8.35. The Morgan fingerprint density at radius 3 is 2.09 bits per heavy atom. The summed E-state index contributed by atoms with van der Waals surface area (Å²) in [5, 5.41) is 0. The number of para-hydroxylation sites is 1. The molecule has 0 unspecified atom stereocenters. The second kappa shape index (κ2) is 6.80. The van der Waals surface area contributed by atoms with E-state index in [2.05, 4.69) is 30.6 Å². The summed E-state index contributed by atoms with van der Waals surface area (Å²) in [5.41, 5.74) is 1.22. The summed E-state index contributed by atoms with van der Waals surface area (Å²) in [6.45, 7) is 11.2. The molecule has 1 heterocycles. The Hall–Kier alpha value is -1.09. The maximum absolute atomic E-state index is 13.9. The molecule has 2 fully saturated rings. The number of piperazine rings is 1. The number of hydrogen-bond acceptors (Lipinski definition) is 2. The summed E-state index contributed by atoms with van der Waals surface area (Å²) < 4.78 is 13.9. The van der Waals surface area contributed by atoms with E-state index >= 15 is 0 Å². The molecule has 0 radical (unpaired) electrons. The summed E-state index contributed by atoms with van der Waals surface area (Å²) in [7, 11) is 0. The summed E-state index contributed by atoms with van der Waals surface area (Å²) in [6.07, 6.45) is 5.40. The van der Waals surface area contributed by atoms with E-state index in [1.54, 1.807) is 12.1 Å². The zero-order valence-corrected chi connectivity index (χ0v) is 14.9. The highest BCUT2D eigenvalue weighted by atomic mass is 19.1. The van der Waals surface area contributed by atoms with Crippen molar-refractivity contribution >= 4 is 5.69 Å². The molecular weight excluding hydrogens is 287 g/mol. The fourth-order valence-corrected chi connectivity index (χ4v) is 4.34. The predicted octanol–water partition coefficient (Wildman–Crippen LogP) is 4.55. The molecular formula is C20H31FN2. The van der Waals surface area contributed by atoms with Crippen LogP contribution in [0.3, 0.4) is 0 Å². The molecule has 0 bridgehead atoms. The monoisotopic (exact) mass is 318 g/mol. The van der Waals surface area contributed by atoms with Gasteiger partial charge >= 0.3 is 0 Å². The number of halogens is 1. The highest BCUT2D eigenvalue weighted by molar-refractivity contribution is 5.48. The molecule has 3 rings (SSSR count). The van der Waals surface area contributed by atoms with Crippen LogP contribution in [0.2, 0.25) is 0 Å². The van der Waals surface area contributed by atoms with Gasteiger partial charge in [0.1, 0.15) is 5.82 Å². The number of hydrogen-bond donors (Lipinski definition) is 0. The lowest BCUT2D eigenvalue weighted by atomic mass is 9.71. The van der Waals surface area contributed by atoms with Gasteiger partial charge in [-0.2, -0.15) is 0 Å². The van der Waals surface area contributed by atoms with E-state index in [9.17, 15) is 4.39 Å². The SMILES string of the molecule is CC(C)(C)C1CCC(N2CCN(c3ccccc3F)CC2)CC1. The number of nitrogens with zero attached hydrogens (tertiary/aromatic N) is 2. The maximum Gasteiger partial charge on any atom is 0.146 e. The van der Waals surface area contributed by atoms with Crippen molar-refractivity contribution in [1.29, 1.82) is 0 Å². The predicted molar refractivity (Wildman–Crippen MR) is 95.4 cm³/mol. The van der Waals surface area contributed by atoms with Crippen LogP contribution in [0.15, 0.2) is 24.3 Å². The molecule has 1 aliphatic heterocycles. The first kappa shape index (κ1) is 16.8. The van der Waals surface area contributed by atoms with Crippen molar-refractivity contribution in [2.24, 2.45) is 11.3 Å². The first-order chi connectivity index (χ1) is 10.9. The van der Waals surface area contributed by atoms with Gasteiger partial charge in [0.2, 0.25) is 0 Å². The quantitative estimate of drug-likeness (QED) is 0.789. The molecule has 0 spiro atoms. The van der Waals surface area contributed by atoms with E-state index in [-0.39, 0.29) is 5.82 Å². The fourth-order valence-electron chi connectivity index (χ4n) is 4.34. The van der Waals surface area contributed by atoms with E-state index < -0.39 is 0 Å². The Labute approximate surface area is 140 Å². The van der Waals surface area contributed by atoms with Crippen LogP contribution in [0.4, 0.5) is 10.1 Å². The Morgan fingerprint density at radius 2 is 1.52 bits per heavy atom. The largest absolute Gasteiger partial charge is 0.367 e. The normalized spacial score (nSPS) is 27.2. The third kappa shape index (κ3) is 3.88. The molecule has 1 aliphatic carbocycles. The van der Waals surface area contributed by atoms with Crippen molar-refractivity contribution in [3.8, 4) is 0 Å². The van der Waals surface area contributed by atoms with Crippen LogP contribution in [0.5, 0.6) is 0 Å². The number of rotatable bonds is 2. The van der Waals surface area contributed by atoms with Crippen LogP contribution >= 0.6 is 0 Å². The molecule has 1 saturated heterocycles. The molecule has 2 nitrogen and oxygen atoms in total. The molecule has 1 saturated carbocycles. The van der Waals surface area contributed by atoms with Crippen molar-refractivity contribution in [2.45, 2.75) is 52.5 Å². The first-order valence-corrected chi connectivity index (χ1v) is 9.18. The van der Waals surface area contributed by atoms with Crippen LogP contribution in [-0.2, 0) is 0 Å². The molecule has 0 N–H and O–H groups in total. The van der Waals surface area contributed by atoms with Gasteiger partial charge in [-0.05, 0) is 49.1 Å². The standard InChI is InChI=1S/C20H31FN2/c1-20(2,3)16-8-10-17(11-9-16)22-12-14-23(15-13-22)19-7-5-4-6-18(19)21/h4-7,16-17H,8-15H2,1-3H3. The minimum Gasteiger partial charge on any atom is -0.367 e. The minimum absolute atomic E-state index is 0.0911. The highest BCUT2D eigenvalue weighted by Crippen LogP contribution is 2.39. The van der Waals surface area contributed by atoms with Gasteiger partial charge in [-0.1, -0.05) is 32.9 Å². The van der Waals surface area contributed by atoms with Gasteiger partial charge in [0.25, 0.3) is 0 Å². The van der Waals surface area contributed by atoms with Gasteiger partial charge in [0.05, 0.1) is 5.69 Å². The van der Waals surface area contributed by atoms with E-state index in [0.717, 1.165) is 43.8 Å². The lowest BCUT2D eigenvalue weighted by Crippen LogP contribution is -2.51. The molecule has 0 aromatic heterocycles. The van der Waals surface area contributed by atoms with E-state index in [1.807, 2.05) is 12.1 Å². The average molecular weight is 318 g/mol. The topological polar surface area (TPSA) is 6.48 Å². The van der Waals surface area contributed by atoms with Crippen LogP contribution in [0.25, 0.3) is 0 Å².